The fourth-order valence-corrected chi connectivity index (χ4v) is 2.98. The van der Waals surface area contributed by atoms with E-state index in [2.05, 4.69) is 10.2 Å². The second-order valence-electron chi connectivity index (χ2n) is 5.15. The molecule has 3 N–H and O–H groups in total. The minimum Gasteiger partial charge on any atom is -0.507 e. The summed E-state index contributed by atoms with van der Waals surface area (Å²) < 4.78 is 1.87. The Bertz CT molecular complexity index is 849. The first kappa shape index (κ1) is 16.1. The number of rotatable bonds is 6. The molecule has 3 rings (SSSR count). The molecule has 0 atom stereocenters. The summed E-state index contributed by atoms with van der Waals surface area (Å²) in [4.78, 5) is 11.1. The fourth-order valence-electron chi connectivity index (χ4n) is 2.30. The molecule has 122 valence electrons. The van der Waals surface area contributed by atoms with Gasteiger partial charge in [0.15, 0.2) is 11.0 Å². The Kier molecular flexibility index (Phi) is 4.81. The van der Waals surface area contributed by atoms with Crippen molar-refractivity contribution in [1.82, 2.24) is 14.8 Å². The smallest absolute Gasteiger partial charge is 0.227 e. The van der Waals surface area contributed by atoms with E-state index in [4.69, 9.17) is 5.73 Å². The number of hydrogen-bond acceptors (Lipinski definition) is 5. The predicted octanol–water partition coefficient (Wildman–Crippen LogP) is 2.28. The molecule has 0 aliphatic heterocycles. The largest absolute Gasteiger partial charge is 0.507 e. The summed E-state index contributed by atoms with van der Waals surface area (Å²) in [5.41, 5.74) is 6.88. The van der Waals surface area contributed by atoms with Gasteiger partial charge in [0.25, 0.3) is 0 Å². The molecular weight excluding hydrogens is 324 g/mol. The molecule has 0 saturated heterocycles. The number of hydrogen-bond donors (Lipinski definition) is 2. The molecule has 7 heteroatoms. The number of aromatic hydroxyl groups is 1. The summed E-state index contributed by atoms with van der Waals surface area (Å²) >= 11 is 1.23. The summed E-state index contributed by atoms with van der Waals surface area (Å²) in [6, 6.07) is 16.8. The van der Waals surface area contributed by atoms with E-state index < -0.39 is 5.91 Å². The van der Waals surface area contributed by atoms with Gasteiger partial charge in [0.05, 0.1) is 17.9 Å². The molecule has 3 aromatic rings. The van der Waals surface area contributed by atoms with Crippen LogP contribution in [0, 0.1) is 0 Å². The van der Waals surface area contributed by atoms with Crippen molar-refractivity contribution in [2.75, 3.05) is 5.75 Å². The highest BCUT2D eigenvalue weighted by molar-refractivity contribution is 7.99. The van der Waals surface area contributed by atoms with Gasteiger partial charge < -0.3 is 10.8 Å². The zero-order valence-corrected chi connectivity index (χ0v) is 13.6. The third kappa shape index (κ3) is 3.57. The maximum absolute atomic E-state index is 11.1. The number of aromatic nitrogens is 3. The minimum atomic E-state index is -0.418. The third-order valence-corrected chi connectivity index (χ3v) is 4.38. The number of nitrogens with zero attached hydrogens (tertiary/aromatic N) is 3. The Morgan fingerprint density at radius 1 is 1.08 bits per heavy atom. The molecule has 1 amide bonds. The van der Waals surface area contributed by atoms with E-state index in [1.165, 1.54) is 11.8 Å². The highest BCUT2D eigenvalue weighted by atomic mass is 32.2. The molecule has 0 radical (unpaired) electrons. The monoisotopic (exact) mass is 340 g/mol. The van der Waals surface area contributed by atoms with Crippen molar-refractivity contribution >= 4 is 17.7 Å². The molecule has 1 aromatic heterocycles. The molecule has 0 aliphatic carbocycles. The first-order valence-electron chi connectivity index (χ1n) is 7.32. The van der Waals surface area contributed by atoms with Crippen LogP contribution in [-0.4, -0.2) is 31.5 Å². The average molecular weight is 340 g/mol. The zero-order chi connectivity index (χ0) is 16.9. The van der Waals surface area contributed by atoms with E-state index in [1.807, 2.05) is 41.0 Å². The van der Waals surface area contributed by atoms with E-state index in [0.717, 1.165) is 5.56 Å². The lowest BCUT2D eigenvalue weighted by Crippen LogP contribution is -2.14. The van der Waals surface area contributed by atoms with Crippen LogP contribution in [0.3, 0.4) is 0 Å². The summed E-state index contributed by atoms with van der Waals surface area (Å²) in [5.74, 6) is 0.376. The Labute approximate surface area is 143 Å². The van der Waals surface area contributed by atoms with E-state index in [1.54, 1.807) is 18.2 Å². The van der Waals surface area contributed by atoms with Crippen molar-refractivity contribution in [3.8, 4) is 17.1 Å². The van der Waals surface area contributed by atoms with Crippen LogP contribution in [-0.2, 0) is 11.3 Å². The maximum Gasteiger partial charge on any atom is 0.227 e. The Hall–Kier alpha value is -2.80. The number of phenols is 1. The maximum atomic E-state index is 11.1. The lowest BCUT2D eigenvalue weighted by Gasteiger charge is -2.11. The molecule has 6 nitrogen and oxygen atoms in total. The molecule has 0 saturated carbocycles. The second-order valence-corrected chi connectivity index (χ2v) is 6.09. The molecule has 0 spiro atoms. The summed E-state index contributed by atoms with van der Waals surface area (Å²) in [7, 11) is 0. The van der Waals surface area contributed by atoms with Gasteiger partial charge in [0, 0.05) is 0 Å². The van der Waals surface area contributed by atoms with Crippen LogP contribution >= 0.6 is 11.8 Å². The molecule has 0 bridgehead atoms. The topological polar surface area (TPSA) is 94.0 Å². The first-order chi connectivity index (χ1) is 11.6. The van der Waals surface area contributed by atoms with Crippen LogP contribution in [0.5, 0.6) is 5.75 Å². The summed E-state index contributed by atoms with van der Waals surface area (Å²) in [6.45, 7) is 0.526. The van der Waals surface area contributed by atoms with Gasteiger partial charge in [0.1, 0.15) is 5.75 Å². The van der Waals surface area contributed by atoms with Gasteiger partial charge in [-0.3, -0.25) is 9.36 Å². The van der Waals surface area contributed by atoms with Crippen molar-refractivity contribution in [2.45, 2.75) is 11.7 Å². The summed E-state index contributed by atoms with van der Waals surface area (Å²) in [5, 5.41) is 19.1. The number of phenolic OH excluding ortho intramolecular Hbond substituents is 1. The zero-order valence-electron chi connectivity index (χ0n) is 12.8. The Morgan fingerprint density at radius 3 is 2.50 bits per heavy atom. The SMILES string of the molecule is NC(=O)CSc1nnc(-c2ccccc2O)n1Cc1ccccc1. The van der Waals surface area contributed by atoms with Crippen molar-refractivity contribution in [1.29, 1.82) is 0 Å². The van der Waals surface area contributed by atoms with Gasteiger partial charge in [-0.25, -0.2) is 0 Å². The van der Waals surface area contributed by atoms with Crippen molar-refractivity contribution < 1.29 is 9.90 Å². The van der Waals surface area contributed by atoms with Gasteiger partial charge >= 0.3 is 0 Å². The lowest BCUT2D eigenvalue weighted by atomic mass is 10.1. The third-order valence-electron chi connectivity index (χ3n) is 3.39. The average Bonchev–Trinajstić information content (AvgIpc) is 2.97. The number of amides is 1. The summed E-state index contributed by atoms with van der Waals surface area (Å²) in [6.07, 6.45) is 0. The number of carbonyl (C=O) groups is 1. The second kappa shape index (κ2) is 7.18. The standard InChI is InChI=1S/C17H16N4O2S/c18-15(23)11-24-17-20-19-16(13-8-4-5-9-14(13)22)21(17)10-12-6-2-1-3-7-12/h1-9,22H,10-11H2,(H2,18,23). The number of nitrogens with two attached hydrogens (primary N) is 1. The molecule has 1 heterocycles. The van der Waals surface area contributed by atoms with Crippen molar-refractivity contribution in [3.63, 3.8) is 0 Å². The number of thioether (sulfide) groups is 1. The number of carbonyl (C=O) groups excluding carboxylic acids is 1. The van der Waals surface area contributed by atoms with Crippen LogP contribution < -0.4 is 5.73 Å². The fraction of sp³-hybridized carbons (Fsp3) is 0.118. The predicted molar refractivity (Wildman–Crippen MR) is 92.6 cm³/mol. The molecule has 0 aliphatic rings. The van der Waals surface area contributed by atoms with Crippen LogP contribution in [0.2, 0.25) is 0 Å². The highest BCUT2D eigenvalue weighted by Crippen LogP contribution is 2.30. The molecule has 0 fully saturated rings. The van der Waals surface area contributed by atoms with Gasteiger partial charge in [-0.05, 0) is 17.7 Å². The van der Waals surface area contributed by atoms with Gasteiger partial charge in [-0.1, -0.05) is 54.2 Å². The highest BCUT2D eigenvalue weighted by Gasteiger charge is 2.17. The van der Waals surface area contributed by atoms with Gasteiger partial charge in [0.2, 0.25) is 5.91 Å². The molecular formula is C17H16N4O2S. The van der Waals surface area contributed by atoms with Crippen molar-refractivity contribution in [3.05, 3.63) is 60.2 Å². The number of primary amides is 1. The van der Waals surface area contributed by atoms with Crippen LogP contribution in [0.4, 0.5) is 0 Å². The molecule has 0 unspecified atom stereocenters. The Balaban J connectivity index is 2.02. The van der Waals surface area contributed by atoms with Crippen molar-refractivity contribution in [2.24, 2.45) is 5.73 Å². The van der Waals surface area contributed by atoms with Crippen LogP contribution in [0.1, 0.15) is 5.56 Å². The number of para-hydroxylation sites is 1. The molecule has 24 heavy (non-hydrogen) atoms. The van der Waals surface area contributed by atoms with Gasteiger partial charge in [-0.15, -0.1) is 10.2 Å². The van der Waals surface area contributed by atoms with Gasteiger partial charge in [-0.2, -0.15) is 0 Å². The van der Waals surface area contributed by atoms with E-state index in [-0.39, 0.29) is 11.5 Å². The quantitative estimate of drug-likeness (QED) is 0.671. The van der Waals surface area contributed by atoms with E-state index in [9.17, 15) is 9.90 Å². The molecule has 2 aromatic carbocycles. The normalized spacial score (nSPS) is 10.7. The first-order valence-corrected chi connectivity index (χ1v) is 8.30. The van der Waals surface area contributed by atoms with Crippen LogP contribution in [0.15, 0.2) is 59.8 Å². The van der Waals surface area contributed by atoms with E-state index in [0.29, 0.717) is 23.1 Å². The Morgan fingerprint density at radius 2 is 1.79 bits per heavy atom. The van der Waals surface area contributed by atoms with E-state index >= 15 is 0 Å². The number of benzene rings is 2. The van der Waals surface area contributed by atoms with Crippen LogP contribution in [0.25, 0.3) is 11.4 Å². The lowest BCUT2D eigenvalue weighted by molar-refractivity contribution is -0.115. The minimum absolute atomic E-state index is 0.119.